The minimum absolute atomic E-state index is 0.248. The van der Waals surface area contributed by atoms with Gasteiger partial charge in [-0.2, -0.15) is 0 Å². The van der Waals surface area contributed by atoms with E-state index >= 15 is 0 Å². The van der Waals surface area contributed by atoms with Gasteiger partial charge in [-0.3, -0.25) is 4.84 Å². The predicted molar refractivity (Wildman–Crippen MR) is 90.0 cm³/mol. The van der Waals surface area contributed by atoms with Gasteiger partial charge >= 0.3 is 0 Å². The van der Waals surface area contributed by atoms with E-state index in [4.69, 9.17) is 4.84 Å². The maximum atomic E-state index is 5.85. The number of rotatable bonds is 5. The van der Waals surface area contributed by atoms with Crippen LogP contribution in [0.3, 0.4) is 0 Å². The summed E-state index contributed by atoms with van der Waals surface area (Å²) in [5.41, 5.74) is 3.46. The zero-order chi connectivity index (χ0) is 14.8. The number of hydrogen-bond acceptors (Lipinski definition) is 2. The SMILES string of the molecule is CCCCNOC1C=CC2(C=CCCCCC2)CCCC1. The standard InChI is InChI=1S/C19H33NO/c1-2-3-17-20-21-18-11-7-10-15-19(16-12-18)13-8-5-4-6-9-14-19/h8,12-13,16,18,20H,2-7,9-11,14-15,17H2,1H3. The molecule has 0 aromatic carbocycles. The van der Waals surface area contributed by atoms with Crippen molar-refractivity contribution in [1.82, 2.24) is 5.48 Å². The van der Waals surface area contributed by atoms with Gasteiger partial charge in [-0.05, 0) is 38.5 Å². The van der Waals surface area contributed by atoms with E-state index in [0.717, 1.165) is 13.0 Å². The Morgan fingerprint density at radius 2 is 1.95 bits per heavy atom. The van der Waals surface area contributed by atoms with Crippen molar-refractivity contribution in [3.8, 4) is 0 Å². The average molecular weight is 291 g/mol. The topological polar surface area (TPSA) is 21.3 Å². The summed E-state index contributed by atoms with van der Waals surface area (Å²) in [5, 5.41) is 0. The van der Waals surface area contributed by atoms with E-state index in [1.165, 1.54) is 64.2 Å². The van der Waals surface area contributed by atoms with E-state index in [1.807, 2.05) is 0 Å². The predicted octanol–water partition coefficient (Wildman–Crippen LogP) is 5.31. The molecule has 1 spiro atoms. The summed E-state index contributed by atoms with van der Waals surface area (Å²) in [5.74, 6) is 0. The highest BCUT2D eigenvalue weighted by molar-refractivity contribution is 5.14. The zero-order valence-corrected chi connectivity index (χ0v) is 13.8. The first-order valence-electron chi connectivity index (χ1n) is 9.10. The highest BCUT2D eigenvalue weighted by Gasteiger charge is 2.26. The normalized spacial score (nSPS) is 30.6. The molecule has 2 heteroatoms. The maximum Gasteiger partial charge on any atom is 0.0971 e. The van der Waals surface area contributed by atoms with Crippen LogP contribution in [0.1, 0.15) is 77.6 Å². The smallest absolute Gasteiger partial charge is 0.0971 e. The fourth-order valence-electron chi connectivity index (χ4n) is 3.43. The zero-order valence-electron chi connectivity index (χ0n) is 13.8. The van der Waals surface area contributed by atoms with Crippen LogP contribution in [0.5, 0.6) is 0 Å². The van der Waals surface area contributed by atoms with E-state index in [1.54, 1.807) is 0 Å². The molecule has 0 radical (unpaired) electrons. The van der Waals surface area contributed by atoms with Gasteiger partial charge in [0.2, 0.25) is 0 Å². The molecule has 2 unspecified atom stereocenters. The summed E-state index contributed by atoms with van der Waals surface area (Å²) in [6.07, 6.45) is 24.1. The van der Waals surface area contributed by atoms with Gasteiger partial charge in [0.1, 0.15) is 0 Å². The van der Waals surface area contributed by atoms with Crippen LogP contribution in [-0.2, 0) is 4.84 Å². The third-order valence-corrected chi connectivity index (χ3v) is 4.85. The van der Waals surface area contributed by atoms with Crippen molar-refractivity contribution >= 4 is 0 Å². The Balaban J connectivity index is 1.93. The second-order valence-electron chi connectivity index (χ2n) is 6.74. The minimum Gasteiger partial charge on any atom is -0.294 e. The molecule has 2 nitrogen and oxygen atoms in total. The molecular weight excluding hydrogens is 258 g/mol. The molecule has 0 heterocycles. The number of hydrogen-bond donors (Lipinski definition) is 1. The van der Waals surface area contributed by atoms with Crippen LogP contribution in [-0.4, -0.2) is 12.6 Å². The summed E-state index contributed by atoms with van der Waals surface area (Å²) < 4.78 is 0. The van der Waals surface area contributed by atoms with Crippen molar-refractivity contribution in [1.29, 1.82) is 0 Å². The molecule has 0 aromatic heterocycles. The first kappa shape index (κ1) is 16.8. The van der Waals surface area contributed by atoms with Gasteiger partial charge in [-0.25, -0.2) is 5.48 Å². The van der Waals surface area contributed by atoms with Gasteiger partial charge in [-0.1, -0.05) is 63.3 Å². The third kappa shape index (κ3) is 5.96. The number of allylic oxidation sites excluding steroid dienone is 3. The van der Waals surface area contributed by atoms with Gasteiger partial charge in [0.25, 0.3) is 0 Å². The van der Waals surface area contributed by atoms with Gasteiger partial charge in [0.05, 0.1) is 6.10 Å². The van der Waals surface area contributed by atoms with Crippen molar-refractivity contribution < 1.29 is 4.84 Å². The Morgan fingerprint density at radius 3 is 2.81 bits per heavy atom. The largest absolute Gasteiger partial charge is 0.294 e. The van der Waals surface area contributed by atoms with E-state index in [0.29, 0.717) is 5.41 Å². The monoisotopic (exact) mass is 291 g/mol. The summed E-state index contributed by atoms with van der Waals surface area (Å²) in [6.45, 7) is 3.17. The van der Waals surface area contributed by atoms with Gasteiger partial charge in [0, 0.05) is 12.0 Å². The van der Waals surface area contributed by atoms with E-state index in [-0.39, 0.29) is 6.10 Å². The average Bonchev–Trinajstić information content (AvgIpc) is 2.44. The lowest BCUT2D eigenvalue weighted by molar-refractivity contribution is -0.00627. The van der Waals surface area contributed by atoms with E-state index < -0.39 is 0 Å². The van der Waals surface area contributed by atoms with Crippen LogP contribution in [0, 0.1) is 5.41 Å². The van der Waals surface area contributed by atoms with Crippen LogP contribution in [0.2, 0.25) is 0 Å². The molecule has 0 aromatic rings. The first-order valence-corrected chi connectivity index (χ1v) is 9.10. The molecule has 0 saturated heterocycles. The number of unbranched alkanes of at least 4 members (excludes halogenated alkanes) is 1. The molecule has 2 atom stereocenters. The molecule has 2 aliphatic rings. The lowest BCUT2D eigenvalue weighted by Crippen LogP contribution is -2.26. The molecule has 0 bridgehead atoms. The Kier molecular flexibility index (Phi) is 7.52. The Morgan fingerprint density at radius 1 is 1.10 bits per heavy atom. The van der Waals surface area contributed by atoms with E-state index in [9.17, 15) is 0 Å². The van der Waals surface area contributed by atoms with Crippen molar-refractivity contribution in [3.05, 3.63) is 24.3 Å². The van der Waals surface area contributed by atoms with Crippen LogP contribution < -0.4 is 5.48 Å². The van der Waals surface area contributed by atoms with Crippen LogP contribution in [0.25, 0.3) is 0 Å². The molecular formula is C19H33NO. The van der Waals surface area contributed by atoms with Crippen LogP contribution in [0.15, 0.2) is 24.3 Å². The summed E-state index contributed by atoms with van der Waals surface area (Å²) >= 11 is 0. The number of nitrogens with one attached hydrogen (secondary N) is 1. The Hall–Kier alpha value is -0.600. The lowest BCUT2D eigenvalue weighted by atomic mass is 9.75. The first-order chi connectivity index (χ1) is 10.3. The molecule has 0 aliphatic heterocycles. The number of hydroxylamine groups is 1. The fraction of sp³-hybridized carbons (Fsp3) is 0.789. The second kappa shape index (κ2) is 9.42. The van der Waals surface area contributed by atoms with Gasteiger partial charge in [-0.15, -0.1) is 0 Å². The molecule has 2 rings (SSSR count). The Labute approximate surface area is 131 Å². The van der Waals surface area contributed by atoms with Crippen molar-refractivity contribution in [2.75, 3.05) is 6.54 Å². The van der Waals surface area contributed by atoms with Crippen molar-refractivity contribution in [3.63, 3.8) is 0 Å². The fourth-order valence-corrected chi connectivity index (χ4v) is 3.43. The quantitative estimate of drug-likeness (QED) is 0.421. The second-order valence-corrected chi connectivity index (χ2v) is 6.74. The van der Waals surface area contributed by atoms with Crippen LogP contribution >= 0.6 is 0 Å². The van der Waals surface area contributed by atoms with Crippen LogP contribution in [0.4, 0.5) is 0 Å². The molecule has 0 saturated carbocycles. The lowest BCUT2D eigenvalue weighted by Gasteiger charge is -2.31. The van der Waals surface area contributed by atoms with E-state index in [2.05, 4.69) is 36.7 Å². The Bertz CT molecular complexity index is 332. The maximum absolute atomic E-state index is 5.85. The molecule has 0 fully saturated rings. The highest BCUT2D eigenvalue weighted by atomic mass is 16.7. The van der Waals surface area contributed by atoms with Gasteiger partial charge < -0.3 is 0 Å². The van der Waals surface area contributed by atoms with Crippen molar-refractivity contribution in [2.45, 2.75) is 83.7 Å². The summed E-state index contributed by atoms with van der Waals surface area (Å²) in [4.78, 5) is 5.85. The van der Waals surface area contributed by atoms with Gasteiger partial charge in [0.15, 0.2) is 0 Å². The molecule has 0 amide bonds. The molecule has 120 valence electrons. The summed E-state index contributed by atoms with van der Waals surface area (Å²) in [6, 6.07) is 0. The molecule has 2 aliphatic carbocycles. The summed E-state index contributed by atoms with van der Waals surface area (Å²) in [7, 11) is 0. The highest BCUT2D eigenvalue weighted by Crippen LogP contribution is 2.38. The molecule has 21 heavy (non-hydrogen) atoms. The third-order valence-electron chi connectivity index (χ3n) is 4.85. The minimum atomic E-state index is 0.248. The van der Waals surface area contributed by atoms with Crippen molar-refractivity contribution in [2.24, 2.45) is 5.41 Å². The molecule has 1 N–H and O–H groups in total.